The van der Waals surface area contributed by atoms with Crippen LogP contribution >= 0.6 is 0 Å². The van der Waals surface area contributed by atoms with Crippen LogP contribution in [-0.4, -0.2) is 30.2 Å². The standard InChI is InChI=1S/C13H17FN2O3/c1-9(12(17)18)8-16-13(19)15-6-5-10-3-2-4-11(14)7-10/h2-4,7,9H,5-6,8H2,1H3,(H,17,18)(H2,15,16,19). The normalized spacial score (nSPS) is 11.7. The van der Waals surface area contributed by atoms with Gasteiger partial charge in [0.05, 0.1) is 5.92 Å². The summed E-state index contributed by atoms with van der Waals surface area (Å²) in [6.07, 6.45) is 0.514. The number of benzene rings is 1. The molecule has 3 N–H and O–H groups in total. The number of nitrogens with one attached hydrogen (secondary N) is 2. The molecule has 0 aliphatic rings. The van der Waals surface area contributed by atoms with Crippen molar-refractivity contribution in [2.75, 3.05) is 13.1 Å². The van der Waals surface area contributed by atoms with Crippen LogP contribution in [0.3, 0.4) is 0 Å². The van der Waals surface area contributed by atoms with Gasteiger partial charge in [-0.3, -0.25) is 4.79 Å². The van der Waals surface area contributed by atoms with E-state index in [9.17, 15) is 14.0 Å². The van der Waals surface area contributed by atoms with Crippen LogP contribution in [0.4, 0.5) is 9.18 Å². The van der Waals surface area contributed by atoms with Gasteiger partial charge < -0.3 is 15.7 Å². The van der Waals surface area contributed by atoms with E-state index < -0.39 is 17.9 Å². The molecule has 104 valence electrons. The number of carbonyl (C=O) groups is 2. The van der Waals surface area contributed by atoms with E-state index in [-0.39, 0.29) is 12.4 Å². The molecule has 0 aromatic heterocycles. The highest BCUT2D eigenvalue weighted by atomic mass is 19.1. The van der Waals surface area contributed by atoms with Crippen LogP contribution in [0, 0.1) is 11.7 Å². The minimum absolute atomic E-state index is 0.0706. The Labute approximate surface area is 110 Å². The van der Waals surface area contributed by atoms with Gasteiger partial charge in [0.15, 0.2) is 0 Å². The van der Waals surface area contributed by atoms with Crippen molar-refractivity contribution < 1.29 is 19.1 Å². The number of aliphatic carboxylic acids is 1. The van der Waals surface area contributed by atoms with Gasteiger partial charge in [-0.15, -0.1) is 0 Å². The molecular formula is C13H17FN2O3. The Morgan fingerprint density at radius 2 is 2.11 bits per heavy atom. The fourth-order valence-corrected chi connectivity index (χ4v) is 1.41. The van der Waals surface area contributed by atoms with Gasteiger partial charge in [-0.1, -0.05) is 19.1 Å². The summed E-state index contributed by atoms with van der Waals surface area (Å²) < 4.78 is 12.9. The smallest absolute Gasteiger partial charge is 0.314 e. The Kier molecular flexibility index (Phi) is 5.78. The fraction of sp³-hybridized carbons (Fsp3) is 0.385. The van der Waals surface area contributed by atoms with Crippen molar-refractivity contribution >= 4 is 12.0 Å². The van der Waals surface area contributed by atoms with Crippen LogP contribution in [-0.2, 0) is 11.2 Å². The number of amides is 2. The van der Waals surface area contributed by atoms with Crippen LogP contribution < -0.4 is 10.6 Å². The second-order valence-electron chi connectivity index (χ2n) is 4.26. The molecule has 6 heteroatoms. The minimum atomic E-state index is -0.958. The molecule has 0 spiro atoms. The van der Waals surface area contributed by atoms with Crippen molar-refractivity contribution in [3.8, 4) is 0 Å². The van der Waals surface area contributed by atoms with E-state index in [0.717, 1.165) is 5.56 Å². The Balaban J connectivity index is 2.22. The highest BCUT2D eigenvalue weighted by molar-refractivity contribution is 5.75. The first-order valence-electron chi connectivity index (χ1n) is 5.98. The molecule has 5 nitrogen and oxygen atoms in total. The zero-order valence-electron chi connectivity index (χ0n) is 10.6. The first kappa shape index (κ1) is 14.9. The third-order valence-corrected chi connectivity index (χ3v) is 2.58. The molecule has 0 saturated heterocycles. The van der Waals surface area contributed by atoms with Gasteiger partial charge in [-0.2, -0.15) is 0 Å². The average Bonchev–Trinajstić information content (AvgIpc) is 2.36. The Hall–Kier alpha value is -2.11. The van der Waals surface area contributed by atoms with Crippen LogP contribution in [0.1, 0.15) is 12.5 Å². The number of carboxylic acid groups (broad SMARTS) is 1. The molecule has 2 amide bonds. The molecular weight excluding hydrogens is 251 g/mol. The highest BCUT2D eigenvalue weighted by Crippen LogP contribution is 2.03. The summed E-state index contributed by atoms with van der Waals surface area (Å²) in [5.74, 6) is -1.90. The van der Waals surface area contributed by atoms with Crippen molar-refractivity contribution in [2.24, 2.45) is 5.92 Å². The molecule has 1 rings (SSSR count). The predicted molar refractivity (Wildman–Crippen MR) is 68.3 cm³/mol. The number of carbonyl (C=O) groups excluding carboxylic acids is 1. The molecule has 0 heterocycles. The van der Waals surface area contributed by atoms with E-state index >= 15 is 0 Å². The van der Waals surface area contributed by atoms with Gasteiger partial charge in [0.25, 0.3) is 0 Å². The van der Waals surface area contributed by atoms with E-state index in [0.29, 0.717) is 13.0 Å². The largest absolute Gasteiger partial charge is 0.481 e. The molecule has 0 bridgehead atoms. The van der Waals surface area contributed by atoms with E-state index in [1.54, 1.807) is 12.1 Å². The van der Waals surface area contributed by atoms with Crippen LogP contribution in [0.25, 0.3) is 0 Å². The van der Waals surface area contributed by atoms with Crippen LogP contribution in [0.5, 0.6) is 0 Å². The van der Waals surface area contributed by atoms with Gasteiger partial charge in [0.1, 0.15) is 5.82 Å². The number of rotatable bonds is 6. The van der Waals surface area contributed by atoms with E-state index in [2.05, 4.69) is 10.6 Å². The summed E-state index contributed by atoms with van der Waals surface area (Å²) in [6, 6.07) is 5.72. The topological polar surface area (TPSA) is 78.4 Å². The van der Waals surface area contributed by atoms with Crippen LogP contribution in [0.15, 0.2) is 24.3 Å². The van der Waals surface area contributed by atoms with Gasteiger partial charge in [0, 0.05) is 13.1 Å². The summed E-state index contributed by atoms with van der Waals surface area (Å²) in [5.41, 5.74) is 0.791. The maximum atomic E-state index is 12.9. The number of hydrogen-bond donors (Lipinski definition) is 3. The van der Waals surface area contributed by atoms with Gasteiger partial charge >= 0.3 is 12.0 Å². The van der Waals surface area contributed by atoms with Crippen molar-refractivity contribution in [1.29, 1.82) is 0 Å². The summed E-state index contributed by atoms with van der Waals surface area (Å²) in [4.78, 5) is 21.9. The van der Waals surface area contributed by atoms with Crippen molar-refractivity contribution in [3.63, 3.8) is 0 Å². The molecule has 0 saturated carbocycles. The molecule has 1 aromatic rings. The van der Waals surface area contributed by atoms with Crippen molar-refractivity contribution in [1.82, 2.24) is 10.6 Å². The van der Waals surface area contributed by atoms with Crippen molar-refractivity contribution in [3.05, 3.63) is 35.6 Å². The quantitative estimate of drug-likeness (QED) is 0.729. The Morgan fingerprint density at radius 3 is 2.74 bits per heavy atom. The highest BCUT2D eigenvalue weighted by Gasteiger charge is 2.11. The second-order valence-corrected chi connectivity index (χ2v) is 4.26. The molecule has 0 aliphatic heterocycles. The first-order valence-corrected chi connectivity index (χ1v) is 5.98. The molecule has 1 aromatic carbocycles. The molecule has 19 heavy (non-hydrogen) atoms. The maximum Gasteiger partial charge on any atom is 0.314 e. The third-order valence-electron chi connectivity index (χ3n) is 2.58. The number of carboxylic acids is 1. The van der Waals surface area contributed by atoms with E-state index in [1.807, 2.05) is 0 Å². The Morgan fingerprint density at radius 1 is 1.37 bits per heavy atom. The molecule has 0 aliphatic carbocycles. The summed E-state index contributed by atoms with van der Waals surface area (Å²) in [6.45, 7) is 1.94. The lowest BCUT2D eigenvalue weighted by molar-refractivity contribution is -0.140. The molecule has 1 atom stereocenters. The monoisotopic (exact) mass is 268 g/mol. The zero-order valence-corrected chi connectivity index (χ0v) is 10.6. The SMILES string of the molecule is CC(CNC(=O)NCCc1cccc(F)c1)C(=O)O. The summed E-state index contributed by atoms with van der Waals surface area (Å²) >= 11 is 0. The summed E-state index contributed by atoms with van der Waals surface area (Å²) in [7, 11) is 0. The number of hydrogen-bond acceptors (Lipinski definition) is 2. The lowest BCUT2D eigenvalue weighted by atomic mass is 10.1. The summed E-state index contributed by atoms with van der Waals surface area (Å²) in [5, 5.41) is 13.7. The predicted octanol–water partition coefficient (Wildman–Crippen LogP) is 1.39. The van der Waals surface area contributed by atoms with Gasteiger partial charge in [0.2, 0.25) is 0 Å². The molecule has 1 unspecified atom stereocenters. The van der Waals surface area contributed by atoms with E-state index in [4.69, 9.17) is 5.11 Å². The van der Waals surface area contributed by atoms with Gasteiger partial charge in [-0.05, 0) is 24.1 Å². The Bertz CT molecular complexity index is 451. The zero-order chi connectivity index (χ0) is 14.3. The van der Waals surface area contributed by atoms with E-state index in [1.165, 1.54) is 19.1 Å². The minimum Gasteiger partial charge on any atom is -0.481 e. The lowest BCUT2D eigenvalue weighted by Gasteiger charge is -2.09. The maximum absolute atomic E-state index is 12.9. The average molecular weight is 268 g/mol. The van der Waals surface area contributed by atoms with Crippen molar-refractivity contribution in [2.45, 2.75) is 13.3 Å². The second kappa shape index (κ2) is 7.35. The molecule has 0 fully saturated rings. The third kappa shape index (κ3) is 5.85. The number of halogens is 1. The number of urea groups is 1. The molecule has 0 radical (unpaired) electrons. The fourth-order valence-electron chi connectivity index (χ4n) is 1.41. The van der Waals surface area contributed by atoms with Gasteiger partial charge in [-0.25, -0.2) is 9.18 Å². The first-order chi connectivity index (χ1) is 8.99. The van der Waals surface area contributed by atoms with Crippen LogP contribution in [0.2, 0.25) is 0 Å². The lowest BCUT2D eigenvalue weighted by Crippen LogP contribution is -2.40.